The SMILES string of the molecule is CCCCCCCC[N+](C)(C)CC(=O)Nc1ccc(C(=O)/C=C/c2cccc(Br)n2)cc1. The molecule has 1 aromatic carbocycles. The maximum absolute atomic E-state index is 12.5. The minimum Gasteiger partial charge on any atom is -0.321 e. The van der Waals surface area contributed by atoms with E-state index in [0.29, 0.717) is 28.0 Å². The quantitative estimate of drug-likeness (QED) is 0.118. The Kier molecular flexibility index (Phi) is 10.8. The number of nitrogens with zero attached hydrogens (tertiary/aromatic N) is 2. The molecule has 1 amide bonds. The van der Waals surface area contributed by atoms with Gasteiger partial charge in [0.25, 0.3) is 5.91 Å². The molecule has 1 heterocycles. The molecule has 0 saturated carbocycles. The number of nitrogens with one attached hydrogen (secondary N) is 1. The van der Waals surface area contributed by atoms with Crippen LogP contribution in [0.5, 0.6) is 0 Å². The molecule has 0 bridgehead atoms. The second kappa shape index (κ2) is 13.3. The molecule has 0 aliphatic heterocycles. The van der Waals surface area contributed by atoms with E-state index >= 15 is 0 Å². The Labute approximate surface area is 200 Å². The average Bonchev–Trinajstić information content (AvgIpc) is 2.74. The number of quaternary nitrogens is 1. The molecular formula is C26H35BrN3O2+. The molecule has 1 N–H and O–H groups in total. The number of aromatic nitrogens is 1. The molecule has 0 spiro atoms. The standard InChI is InChI=1S/C26H34BrN3O2/c1-4-5-6-7-8-9-19-30(2,3)20-26(32)29-23-15-13-21(14-16-23)24(31)18-17-22-11-10-12-25(27)28-22/h10-18H,4-9,19-20H2,1-3H3/p+1/b18-17+. The lowest BCUT2D eigenvalue weighted by Gasteiger charge is -2.29. The predicted octanol–water partition coefficient (Wildman–Crippen LogP) is 6.12. The molecule has 1 aromatic heterocycles. The number of allylic oxidation sites excluding steroid dienone is 1. The maximum Gasteiger partial charge on any atom is 0.279 e. The van der Waals surface area contributed by atoms with Crippen molar-refractivity contribution in [2.75, 3.05) is 32.5 Å². The van der Waals surface area contributed by atoms with Crippen LogP contribution >= 0.6 is 15.9 Å². The number of pyridine rings is 1. The van der Waals surface area contributed by atoms with Crippen molar-refractivity contribution in [3.8, 4) is 0 Å². The fourth-order valence-corrected chi connectivity index (χ4v) is 3.84. The fourth-order valence-electron chi connectivity index (χ4n) is 3.48. The van der Waals surface area contributed by atoms with E-state index in [2.05, 4.69) is 47.2 Å². The topological polar surface area (TPSA) is 59.1 Å². The summed E-state index contributed by atoms with van der Waals surface area (Å²) in [4.78, 5) is 29.2. The van der Waals surface area contributed by atoms with E-state index in [1.54, 1.807) is 30.3 Å². The first-order valence-corrected chi connectivity index (χ1v) is 12.2. The molecular weight excluding hydrogens is 466 g/mol. The van der Waals surface area contributed by atoms with Gasteiger partial charge in [-0.3, -0.25) is 9.59 Å². The Balaban J connectivity index is 1.80. The normalized spacial score (nSPS) is 11.6. The van der Waals surface area contributed by atoms with Crippen LogP contribution in [0, 0.1) is 0 Å². The average molecular weight is 501 g/mol. The molecule has 0 aliphatic carbocycles. The first kappa shape index (κ1) is 25.9. The maximum atomic E-state index is 12.5. The van der Waals surface area contributed by atoms with Gasteiger partial charge >= 0.3 is 0 Å². The Hall–Kier alpha value is -2.31. The molecule has 0 radical (unpaired) electrons. The van der Waals surface area contributed by atoms with E-state index in [-0.39, 0.29) is 11.7 Å². The van der Waals surface area contributed by atoms with Crippen molar-refractivity contribution >= 4 is 39.4 Å². The summed E-state index contributed by atoms with van der Waals surface area (Å²) in [5, 5.41) is 2.95. The minimum atomic E-state index is -0.110. The lowest BCUT2D eigenvalue weighted by Crippen LogP contribution is -2.46. The number of halogens is 1. The number of hydrogen-bond acceptors (Lipinski definition) is 3. The van der Waals surface area contributed by atoms with Crippen LogP contribution in [0.4, 0.5) is 5.69 Å². The van der Waals surface area contributed by atoms with Crippen molar-refractivity contribution in [2.45, 2.75) is 45.4 Å². The highest BCUT2D eigenvalue weighted by atomic mass is 79.9. The van der Waals surface area contributed by atoms with Crippen molar-refractivity contribution in [3.63, 3.8) is 0 Å². The van der Waals surface area contributed by atoms with E-state index in [4.69, 9.17) is 0 Å². The Bertz CT molecular complexity index is 908. The zero-order chi connectivity index (χ0) is 23.4. The summed E-state index contributed by atoms with van der Waals surface area (Å²) >= 11 is 3.32. The molecule has 0 atom stereocenters. The van der Waals surface area contributed by atoms with Gasteiger partial charge in [0, 0.05) is 11.3 Å². The van der Waals surface area contributed by atoms with Crippen molar-refractivity contribution in [2.24, 2.45) is 0 Å². The van der Waals surface area contributed by atoms with Gasteiger partial charge in [0.2, 0.25) is 0 Å². The Morgan fingerprint density at radius 3 is 2.38 bits per heavy atom. The molecule has 0 unspecified atom stereocenters. The molecule has 6 heteroatoms. The third-order valence-corrected chi connectivity index (χ3v) is 5.73. The zero-order valence-electron chi connectivity index (χ0n) is 19.4. The van der Waals surface area contributed by atoms with Crippen LogP contribution in [-0.2, 0) is 4.79 Å². The van der Waals surface area contributed by atoms with Gasteiger partial charge in [-0.05, 0) is 77.3 Å². The summed E-state index contributed by atoms with van der Waals surface area (Å²) in [5.74, 6) is -0.123. The number of unbranched alkanes of at least 4 members (excludes halogenated alkanes) is 5. The van der Waals surface area contributed by atoms with Crippen LogP contribution in [0.2, 0.25) is 0 Å². The first-order valence-electron chi connectivity index (χ1n) is 11.4. The van der Waals surface area contributed by atoms with Crippen LogP contribution in [0.25, 0.3) is 6.08 Å². The first-order chi connectivity index (χ1) is 15.3. The Morgan fingerprint density at radius 2 is 1.69 bits per heavy atom. The minimum absolute atomic E-state index is 0.0133. The molecule has 0 aliphatic rings. The lowest BCUT2D eigenvalue weighted by atomic mass is 10.1. The number of carbonyl (C=O) groups is 2. The summed E-state index contributed by atoms with van der Waals surface area (Å²) in [6.07, 6.45) is 10.7. The van der Waals surface area contributed by atoms with E-state index in [1.165, 1.54) is 38.2 Å². The molecule has 5 nitrogen and oxygen atoms in total. The highest BCUT2D eigenvalue weighted by molar-refractivity contribution is 9.10. The number of carbonyl (C=O) groups excluding carboxylic acids is 2. The van der Waals surface area contributed by atoms with Crippen LogP contribution in [0.1, 0.15) is 61.5 Å². The van der Waals surface area contributed by atoms with Crippen molar-refractivity contribution in [1.29, 1.82) is 0 Å². The molecule has 172 valence electrons. The van der Waals surface area contributed by atoms with Gasteiger partial charge in [0.05, 0.1) is 26.3 Å². The summed E-state index contributed by atoms with van der Waals surface area (Å²) in [7, 11) is 4.19. The monoisotopic (exact) mass is 500 g/mol. The lowest BCUT2D eigenvalue weighted by molar-refractivity contribution is -0.882. The van der Waals surface area contributed by atoms with Gasteiger partial charge in [-0.25, -0.2) is 4.98 Å². The smallest absolute Gasteiger partial charge is 0.279 e. The van der Waals surface area contributed by atoms with E-state index in [0.717, 1.165) is 17.6 Å². The van der Waals surface area contributed by atoms with E-state index in [9.17, 15) is 9.59 Å². The molecule has 32 heavy (non-hydrogen) atoms. The number of anilines is 1. The van der Waals surface area contributed by atoms with Gasteiger partial charge in [-0.2, -0.15) is 0 Å². The summed E-state index contributed by atoms with van der Waals surface area (Å²) in [6, 6.07) is 12.5. The van der Waals surface area contributed by atoms with Gasteiger partial charge in [0.1, 0.15) is 4.60 Å². The number of likely N-dealkylation sites (N-methyl/N-ethyl adjacent to an activating group) is 1. The third-order valence-electron chi connectivity index (χ3n) is 5.28. The Morgan fingerprint density at radius 1 is 1.00 bits per heavy atom. The summed E-state index contributed by atoms with van der Waals surface area (Å²) < 4.78 is 1.39. The van der Waals surface area contributed by atoms with Gasteiger partial charge in [0.15, 0.2) is 12.3 Å². The summed E-state index contributed by atoms with van der Waals surface area (Å²) in [6.45, 7) is 3.65. The van der Waals surface area contributed by atoms with Gasteiger partial charge < -0.3 is 9.80 Å². The molecule has 0 saturated heterocycles. The van der Waals surface area contributed by atoms with Gasteiger partial charge in [-0.1, -0.05) is 38.7 Å². The van der Waals surface area contributed by atoms with Crippen molar-refractivity contribution in [3.05, 3.63) is 64.4 Å². The van der Waals surface area contributed by atoms with Gasteiger partial charge in [-0.15, -0.1) is 0 Å². The fraction of sp³-hybridized carbons (Fsp3) is 0.423. The molecule has 2 aromatic rings. The number of ketones is 1. The predicted molar refractivity (Wildman–Crippen MR) is 136 cm³/mol. The zero-order valence-corrected chi connectivity index (χ0v) is 21.0. The number of amides is 1. The van der Waals surface area contributed by atoms with E-state index < -0.39 is 0 Å². The summed E-state index contributed by atoms with van der Waals surface area (Å²) in [5.41, 5.74) is 1.97. The van der Waals surface area contributed by atoms with Crippen molar-refractivity contribution < 1.29 is 14.1 Å². The molecule has 0 fully saturated rings. The molecule has 2 rings (SSSR count). The van der Waals surface area contributed by atoms with Crippen LogP contribution < -0.4 is 5.32 Å². The van der Waals surface area contributed by atoms with Crippen molar-refractivity contribution in [1.82, 2.24) is 4.98 Å². The highest BCUT2D eigenvalue weighted by Gasteiger charge is 2.19. The number of rotatable bonds is 13. The second-order valence-electron chi connectivity index (χ2n) is 8.79. The van der Waals surface area contributed by atoms with E-state index in [1.807, 2.05) is 18.2 Å². The third kappa shape index (κ3) is 9.88. The van der Waals surface area contributed by atoms with Crippen LogP contribution in [0.3, 0.4) is 0 Å². The number of benzene rings is 1. The second-order valence-corrected chi connectivity index (χ2v) is 9.61. The van der Waals surface area contributed by atoms with Crippen LogP contribution in [0.15, 0.2) is 53.1 Å². The largest absolute Gasteiger partial charge is 0.321 e. The highest BCUT2D eigenvalue weighted by Crippen LogP contribution is 2.13. The van der Waals surface area contributed by atoms with Crippen LogP contribution in [-0.4, -0.2) is 48.3 Å². The number of hydrogen-bond donors (Lipinski definition) is 1.